The summed E-state index contributed by atoms with van der Waals surface area (Å²) in [5, 5.41) is 13.1. The third-order valence-corrected chi connectivity index (χ3v) is 4.05. The number of halogens is 1. The average Bonchev–Trinajstić information content (AvgIpc) is 2.53. The first-order chi connectivity index (χ1) is 10.6. The minimum absolute atomic E-state index is 0.115. The zero-order chi connectivity index (χ0) is 15.5. The molecule has 110 valence electrons. The van der Waals surface area contributed by atoms with Gasteiger partial charge in [-0.1, -0.05) is 42.5 Å². The molecule has 0 amide bonds. The van der Waals surface area contributed by atoms with E-state index in [-0.39, 0.29) is 5.56 Å². The van der Waals surface area contributed by atoms with Gasteiger partial charge in [0.15, 0.2) is 0 Å². The van der Waals surface area contributed by atoms with E-state index >= 15 is 0 Å². The van der Waals surface area contributed by atoms with Crippen molar-refractivity contribution in [3.05, 3.63) is 76.3 Å². The van der Waals surface area contributed by atoms with Crippen molar-refractivity contribution in [3.8, 4) is 5.75 Å². The minimum Gasteiger partial charge on any atom is -0.545 e. The fraction of sp³-hybridized carbons (Fsp3) is 0.0556. The molecule has 0 saturated carbocycles. The third kappa shape index (κ3) is 2.97. The number of hydrogen-bond donors (Lipinski definition) is 0. The van der Waals surface area contributed by atoms with E-state index in [9.17, 15) is 9.90 Å². The van der Waals surface area contributed by atoms with Crippen LogP contribution < -0.4 is 9.84 Å². The lowest BCUT2D eigenvalue weighted by Crippen LogP contribution is -2.22. The molecule has 0 aliphatic rings. The monoisotopic (exact) mass is 355 g/mol. The number of ether oxygens (including phenoxy) is 1. The van der Waals surface area contributed by atoms with Gasteiger partial charge in [0, 0.05) is 0 Å². The van der Waals surface area contributed by atoms with E-state index in [1.165, 1.54) is 12.1 Å². The van der Waals surface area contributed by atoms with E-state index in [0.717, 1.165) is 16.3 Å². The van der Waals surface area contributed by atoms with E-state index in [1.54, 1.807) is 6.07 Å². The molecule has 3 aromatic rings. The summed E-state index contributed by atoms with van der Waals surface area (Å²) in [6.07, 6.45) is 0. The van der Waals surface area contributed by atoms with Crippen LogP contribution in [0.1, 0.15) is 15.9 Å². The Morgan fingerprint density at radius 3 is 2.59 bits per heavy atom. The van der Waals surface area contributed by atoms with Gasteiger partial charge in [-0.25, -0.2) is 0 Å². The van der Waals surface area contributed by atoms with Crippen LogP contribution in [0.3, 0.4) is 0 Å². The molecular formula is C18H12BrO3-. The molecule has 0 heterocycles. The summed E-state index contributed by atoms with van der Waals surface area (Å²) in [5.74, 6) is -0.612. The van der Waals surface area contributed by atoms with Crippen molar-refractivity contribution >= 4 is 32.7 Å². The van der Waals surface area contributed by atoms with Crippen LogP contribution in [0.4, 0.5) is 0 Å². The zero-order valence-electron chi connectivity index (χ0n) is 11.6. The van der Waals surface area contributed by atoms with E-state index < -0.39 is 5.97 Å². The molecule has 0 aliphatic heterocycles. The fourth-order valence-corrected chi connectivity index (χ4v) is 2.81. The fourth-order valence-electron chi connectivity index (χ4n) is 2.32. The SMILES string of the molecule is O=C([O-])c1ccc(OCc2cccc3ccccc23)c(Br)c1. The molecule has 3 aromatic carbocycles. The van der Waals surface area contributed by atoms with Crippen molar-refractivity contribution in [1.82, 2.24) is 0 Å². The van der Waals surface area contributed by atoms with Crippen LogP contribution in [0.2, 0.25) is 0 Å². The highest BCUT2D eigenvalue weighted by atomic mass is 79.9. The van der Waals surface area contributed by atoms with E-state index in [4.69, 9.17) is 4.74 Å². The molecule has 0 atom stereocenters. The number of benzene rings is 3. The molecule has 0 saturated heterocycles. The Balaban J connectivity index is 1.84. The summed E-state index contributed by atoms with van der Waals surface area (Å²) in [6, 6.07) is 18.8. The Labute approximate surface area is 136 Å². The number of carboxylic acids is 1. The van der Waals surface area contributed by atoms with Crippen molar-refractivity contribution in [3.63, 3.8) is 0 Å². The number of hydrogen-bond acceptors (Lipinski definition) is 3. The van der Waals surface area contributed by atoms with Crippen LogP contribution >= 0.6 is 15.9 Å². The number of carbonyl (C=O) groups excluding carboxylic acids is 1. The van der Waals surface area contributed by atoms with Gasteiger partial charge in [0.1, 0.15) is 12.4 Å². The molecule has 3 rings (SSSR count). The maximum Gasteiger partial charge on any atom is 0.134 e. The summed E-state index contributed by atoms with van der Waals surface area (Å²) in [5.41, 5.74) is 1.19. The Kier molecular flexibility index (Phi) is 4.11. The third-order valence-electron chi connectivity index (χ3n) is 3.43. The number of fused-ring (bicyclic) bond motifs is 1. The van der Waals surface area contributed by atoms with Crippen LogP contribution in [-0.4, -0.2) is 5.97 Å². The van der Waals surface area contributed by atoms with Gasteiger partial charge in [-0.2, -0.15) is 0 Å². The number of aromatic carboxylic acids is 1. The van der Waals surface area contributed by atoms with Gasteiger partial charge in [-0.15, -0.1) is 0 Å². The Morgan fingerprint density at radius 2 is 1.82 bits per heavy atom. The summed E-state index contributed by atoms with van der Waals surface area (Å²) >= 11 is 3.32. The first-order valence-electron chi connectivity index (χ1n) is 6.75. The highest BCUT2D eigenvalue weighted by Gasteiger charge is 2.06. The van der Waals surface area contributed by atoms with Crippen molar-refractivity contribution in [1.29, 1.82) is 0 Å². The molecule has 0 unspecified atom stereocenters. The van der Waals surface area contributed by atoms with Crippen LogP contribution in [0, 0.1) is 0 Å². The Hall–Kier alpha value is -2.33. The molecule has 3 nitrogen and oxygen atoms in total. The average molecular weight is 356 g/mol. The largest absolute Gasteiger partial charge is 0.545 e. The topological polar surface area (TPSA) is 49.4 Å². The summed E-state index contributed by atoms with van der Waals surface area (Å²) in [6.45, 7) is 0.407. The summed E-state index contributed by atoms with van der Waals surface area (Å²) in [4.78, 5) is 10.8. The molecule has 0 bridgehead atoms. The van der Waals surface area contributed by atoms with Gasteiger partial charge >= 0.3 is 0 Å². The first-order valence-corrected chi connectivity index (χ1v) is 7.55. The lowest BCUT2D eigenvalue weighted by molar-refractivity contribution is -0.255. The first kappa shape index (κ1) is 14.6. The zero-order valence-corrected chi connectivity index (χ0v) is 13.2. The van der Waals surface area contributed by atoms with Gasteiger partial charge in [0.25, 0.3) is 0 Å². The van der Waals surface area contributed by atoms with E-state index in [1.807, 2.05) is 24.3 Å². The minimum atomic E-state index is -1.21. The quantitative estimate of drug-likeness (QED) is 0.719. The van der Waals surface area contributed by atoms with Crippen molar-refractivity contribution in [2.24, 2.45) is 0 Å². The number of rotatable bonds is 4. The standard InChI is InChI=1S/C18H13BrO3/c19-16-10-13(18(20)21)8-9-17(16)22-11-14-6-3-5-12-4-1-2-7-15(12)14/h1-10H,11H2,(H,20,21)/p-1. The molecule has 22 heavy (non-hydrogen) atoms. The molecule has 0 fully saturated rings. The predicted octanol–water partition coefficient (Wildman–Crippen LogP) is 3.54. The molecular weight excluding hydrogens is 344 g/mol. The van der Waals surface area contributed by atoms with Crippen LogP contribution in [0.15, 0.2) is 65.1 Å². The van der Waals surface area contributed by atoms with Gasteiger partial charge in [0.2, 0.25) is 0 Å². The van der Waals surface area contributed by atoms with Crippen molar-refractivity contribution < 1.29 is 14.6 Å². The van der Waals surface area contributed by atoms with Crippen molar-refractivity contribution in [2.75, 3.05) is 0 Å². The second-order valence-electron chi connectivity index (χ2n) is 4.86. The molecule has 0 aromatic heterocycles. The highest BCUT2D eigenvalue weighted by molar-refractivity contribution is 9.10. The smallest absolute Gasteiger partial charge is 0.134 e. The lowest BCUT2D eigenvalue weighted by Gasteiger charge is -2.12. The molecule has 0 aliphatic carbocycles. The maximum absolute atomic E-state index is 10.8. The summed E-state index contributed by atoms with van der Waals surface area (Å²) in [7, 11) is 0. The second kappa shape index (κ2) is 6.20. The lowest BCUT2D eigenvalue weighted by atomic mass is 10.1. The number of carboxylic acid groups (broad SMARTS) is 1. The summed E-state index contributed by atoms with van der Waals surface area (Å²) < 4.78 is 6.40. The molecule has 0 spiro atoms. The van der Waals surface area contributed by atoms with E-state index in [0.29, 0.717) is 16.8 Å². The van der Waals surface area contributed by atoms with E-state index in [2.05, 4.69) is 34.1 Å². The Morgan fingerprint density at radius 1 is 1.05 bits per heavy atom. The maximum atomic E-state index is 10.8. The predicted molar refractivity (Wildman–Crippen MR) is 86.8 cm³/mol. The highest BCUT2D eigenvalue weighted by Crippen LogP contribution is 2.27. The number of carbonyl (C=O) groups is 1. The molecule has 4 heteroatoms. The molecule has 0 N–H and O–H groups in total. The van der Waals surface area contributed by atoms with Gasteiger partial charge < -0.3 is 14.6 Å². The van der Waals surface area contributed by atoms with Crippen LogP contribution in [0.5, 0.6) is 5.75 Å². The van der Waals surface area contributed by atoms with Crippen LogP contribution in [0.25, 0.3) is 10.8 Å². The van der Waals surface area contributed by atoms with Gasteiger partial charge in [-0.3, -0.25) is 0 Å². The van der Waals surface area contributed by atoms with Crippen LogP contribution in [-0.2, 0) is 6.61 Å². The van der Waals surface area contributed by atoms with Crippen molar-refractivity contribution in [2.45, 2.75) is 6.61 Å². The second-order valence-corrected chi connectivity index (χ2v) is 5.71. The van der Waals surface area contributed by atoms with Gasteiger partial charge in [-0.05, 0) is 56.0 Å². The molecule has 0 radical (unpaired) electrons. The normalized spacial score (nSPS) is 10.6. The van der Waals surface area contributed by atoms with Gasteiger partial charge in [0.05, 0.1) is 10.4 Å². The Bertz CT molecular complexity index is 837.